The molecular weight excluding hydrogens is 521 g/mol. The molecule has 0 aliphatic carbocycles. The van der Waals surface area contributed by atoms with E-state index < -0.39 is 0 Å². The van der Waals surface area contributed by atoms with Gasteiger partial charge in [-0.05, 0) is 25.3 Å². The van der Waals surface area contributed by atoms with Gasteiger partial charge in [-0.2, -0.15) is 0 Å². The molecule has 1 atom stereocenters. The van der Waals surface area contributed by atoms with Crippen molar-refractivity contribution in [3.8, 4) is 0 Å². The molecular formula is C21H34IN9O. The highest BCUT2D eigenvalue weighted by molar-refractivity contribution is 14.0. The van der Waals surface area contributed by atoms with Crippen molar-refractivity contribution in [1.82, 2.24) is 34.9 Å². The number of guanidine groups is 1. The number of hydrogen-bond acceptors (Lipinski definition) is 7. The van der Waals surface area contributed by atoms with Crippen LogP contribution >= 0.6 is 24.0 Å². The van der Waals surface area contributed by atoms with Crippen LogP contribution in [0.3, 0.4) is 0 Å². The lowest BCUT2D eigenvalue weighted by Crippen LogP contribution is -2.53. The van der Waals surface area contributed by atoms with Crippen molar-refractivity contribution in [2.75, 3.05) is 50.8 Å². The van der Waals surface area contributed by atoms with Gasteiger partial charge in [-0.1, -0.05) is 6.92 Å². The van der Waals surface area contributed by atoms with Crippen LogP contribution in [-0.4, -0.2) is 87.6 Å². The van der Waals surface area contributed by atoms with Crippen LogP contribution in [0.1, 0.15) is 32.0 Å². The summed E-state index contributed by atoms with van der Waals surface area (Å²) in [4.78, 5) is 18.3. The Labute approximate surface area is 206 Å². The normalized spacial score (nSPS) is 19.5. The lowest BCUT2D eigenvalue weighted by atomic mass is 10.1. The van der Waals surface area contributed by atoms with Gasteiger partial charge in [-0.15, -0.1) is 34.2 Å². The number of rotatable bonds is 7. The van der Waals surface area contributed by atoms with Crippen LogP contribution in [0.2, 0.25) is 0 Å². The van der Waals surface area contributed by atoms with E-state index in [0.717, 1.165) is 82.9 Å². The Balaban J connectivity index is 0.00000289. The minimum Gasteiger partial charge on any atom is -0.376 e. The summed E-state index contributed by atoms with van der Waals surface area (Å²) in [5, 5.41) is 11.8. The third-order valence-corrected chi connectivity index (χ3v) is 5.78. The summed E-state index contributed by atoms with van der Waals surface area (Å²) in [6.07, 6.45) is 9.98. The molecule has 2 fully saturated rings. The van der Waals surface area contributed by atoms with E-state index in [1.165, 1.54) is 6.42 Å². The van der Waals surface area contributed by atoms with Gasteiger partial charge in [0.1, 0.15) is 12.2 Å². The Morgan fingerprint density at radius 2 is 2.00 bits per heavy atom. The first-order chi connectivity index (χ1) is 15.3. The molecule has 32 heavy (non-hydrogen) atoms. The fraction of sp³-hybridized carbons (Fsp3) is 0.667. The van der Waals surface area contributed by atoms with Crippen molar-refractivity contribution in [2.24, 2.45) is 4.99 Å². The highest BCUT2D eigenvalue weighted by Gasteiger charge is 2.22. The number of aromatic nitrogens is 5. The van der Waals surface area contributed by atoms with Gasteiger partial charge < -0.3 is 24.4 Å². The summed E-state index contributed by atoms with van der Waals surface area (Å²) >= 11 is 0. The number of nitrogens with one attached hydrogen (secondary N) is 1. The van der Waals surface area contributed by atoms with Crippen molar-refractivity contribution in [3.63, 3.8) is 0 Å². The molecule has 2 aromatic rings. The van der Waals surface area contributed by atoms with Gasteiger partial charge >= 0.3 is 0 Å². The second-order valence-corrected chi connectivity index (χ2v) is 7.90. The fourth-order valence-electron chi connectivity index (χ4n) is 4.01. The molecule has 4 rings (SSSR count). The molecule has 0 amide bonds. The van der Waals surface area contributed by atoms with Crippen LogP contribution in [0.4, 0.5) is 5.95 Å². The van der Waals surface area contributed by atoms with E-state index in [1.54, 1.807) is 18.7 Å². The molecule has 2 aliphatic heterocycles. The first-order valence-corrected chi connectivity index (χ1v) is 11.4. The van der Waals surface area contributed by atoms with Crippen molar-refractivity contribution >= 4 is 35.9 Å². The molecule has 1 N–H and O–H groups in total. The van der Waals surface area contributed by atoms with Crippen LogP contribution in [-0.2, 0) is 17.7 Å². The van der Waals surface area contributed by atoms with Crippen molar-refractivity contribution in [3.05, 3.63) is 30.6 Å². The van der Waals surface area contributed by atoms with Gasteiger partial charge in [0, 0.05) is 64.7 Å². The molecule has 4 heterocycles. The third-order valence-electron chi connectivity index (χ3n) is 5.78. The lowest BCUT2D eigenvalue weighted by Gasteiger charge is -2.36. The zero-order chi connectivity index (χ0) is 21.3. The zero-order valence-corrected chi connectivity index (χ0v) is 21.1. The number of nitrogens with zero attached hydrogens (tertiary/aromatic N) is 8. The fourth-order valence-corrected chi connectivity index (χ4v) is 4.01. The van der Waals surface area contributed by atoms with Crippen LogP contribution in [0, 0.1) is 0 Å². The SMILES string of the molecule is CCc1nncn1CCNC(=NCC1CCCCO1)N1CCN(c2ncccn2)CC1.I. The number of aliphatic imine (C=N–C) groups is 1. The number of halogens is 1. The van der Waals surface area contributed by atoms with Crippen LogP contribution in [0.15, 0.2) is 29.8 Å². The Bertz CT molecular complexity index is 818. The molecule has 0 aromatic carbocycles. The van der Waals surface area contributed by atoms with Crippen molar-refractivity contribution in [2.45, 2.75) is 45.3 Å². The quantitative estimate of drug-likeness (QED) is 0.313. The second-order valence-electron chi connectivity index (χ2n) is 7.90. The molecule has 1 unspecified atom stereocenters. The summed E-state index contributed by atoms with van der Waals surface area (Å²) < 4.78 is 7.98. The van der Waals surface area contributed by atoms with Gasteiger partial charge in [-0.25, -0.2) is 9.97 Å². The molecule has 2 aliphatic rings. The zero-order valence-electron chi connectivity index (χ0n) is 18.8. The van der Waals surface area contributed by atoms with Gasteiger partial charge in [0.25, 0.3) is 0 Å². The Hall–Kier alpha value is -2.02. The topological polar surface area (TPSA) is 96.6 Å². The molecule has 2 aromatic heterocycles. The summed E-state index contributed by atoms with van der Waals surface area (Å²) in [5.41, 5.74) is 0. The maximum absolute atomic E-state index is 5.89. The van der Waals surface area contributed by atoms with E-state index in [-0.39, 0.29) is 30.1 Å². The van der Waals surface area contributed by atoms with E-state index in [9.17, 15) is 0 Å². The number of ether oxygens (including phenoxy) is 1. The minimum atomic E-state index is 0. The third kappa shape index (κ3) is 6.74. The molecule has 0 radical (unpaired) electrons. The lowest BCUT2D eigenvalue weighted by molar-refractivity contribution is 0.0223. The molecule has 176 valence electrons. The van der Waals surface area contributed by atoms with E-state index in [0.29, 0.717) is 6.54 Å². The van der Waals surface area contributed by atoms with Gasteiger partial charge in [0.2, 0.25) is 5.95 Å². The number of anilines is 1. The van der Waals surface area contributed by atoms with Crippen LogP contribution < -0.4 is 10.2 Å². The monoisotopic (exact) mass is 555 g/mol. The minimum absolute atomic E-state index is 0. The van der Waals surface area contributed by atoms with E-state index in [1.807, 2.05) is 6.07 Å². The highest BCUT2D eigenvalue weighted by Crippen LogP contribution is 2.14. The van der Waals surface area contributed by atoms with Crippen LogP contribution in [0.25, 0.3) is 0 Å². The second kappa shape index (κ2) is 12.9. The predicted molar refractivity (Wildman–Crippen MR) is 135 cm³/mol. The summed E-state index contributed by atoms with van der Waals surface area (Å²) in [6, 6.07) is 1.85. The van der Waals surface area contributed by atoms with Gasteiger partial charge in [0.05, 0.1) is 12.6 Å². The molecule has 0 spiro atoms. The Morgan fingerprint density at radius 1 is 1.19 bits per heavy atom. The average Bonchev–Trinajstić information content (AvgIpc) is 3.30. The number of piperazine rings is 1. The van der Waals surface area contributed by atoms with Crippen LogP contribution in [0.5, 0.6) is 0 Å². The molecule has 0 bridgehead atoms. The molecule has 0 saturated carbocycles. The smallest absolute Gasteiger partial charge is 0.225 e. The maximum atomic E-state index is 5.89. The average molecular weight is 555 g/mol. The van der Waals surface area contributed by atoms with E-state index >= 15 is 0 Å². The van der Waals surface area contributed by atoms with Crippen molar-refractivity contribution < 1.29 is 4.74 Å². The van der Waals surface area contributed by atoms with E-state index in [4.69, 9.17) is 9.73 Å². The number of hydrogen-bond donors (Lipinski definition) is 1. The molecule has 11 heteroatoms. The van der Waals surface area contributed by atoms with Crippen molar-refractivity contribution in [1.29, 1.82) is 0 Å². The summed E-state index contributed by atoms with van der Waals surface area (Å²) in [5.74, 6) is 2.75. The predicted octanol–water partition coefficient (Wildman–Crippen LogP) is 1.59. The standard InChI is InChI=1S/C21H33N9O.HI/c1-2-19-27-26-17-30(19)10-9-24-21(25-16-18-6-3-4-15-31-18)29-13-11-28(12-14-29)20-22-7-5-8-23-20;/h5,7-8,17-18H,2-4,6,9-16H2,1H3,(H,24,25);1H. The Morgan fingerprint density at radius 3 is 2.72 bits per heavy atom. The molecule has 10 nitrogen and oxygen atoms in total. The first kappa shape index (κ1) is 24.6. The Kier molecular flexibility index (Phi) is 9.90. The summed E-state index contributed by atoms with van der Waals surface area (Å²) in [7, 11) is 0. The van der Waals surface area contributed by atoms with E-state index in [2.05, 4.69) is 46.8 Å². The maximum Gasteiger partial charge on any atom is 0.225 e. The van der Waals surface area contributed by atoms with Gasteiger partial charge in [-0.3, -0.25) is 4.99 Å². The number of aryl methyl sites for hydroxylation is 1. The first-order valence-electron chi connectivity index (χ1n) is 11.4. The largest absolute Gasteiger partial charge is 0.376 e. The molecule has 2 saturated heterocycles. The van der Waals surface area contributed by atoms with Gasteiger partial charge in [0.15, 0.2) is 5.96 Å². The summed E-state index contributed by atoms with van der Waals surface area (Å²) in [6.45, 7) is 8.74. The highest BCUT2D eigenvalue weighted by atomic mass is 127.